The van der Waals surface area contributed by atoms with Gasteiger partial charge in [-0.05, 0) is 36.5 Å². The Bertz CT molecular complexity index is 419. The lowest BCUT2D eigenvalue weighted by atomic mass is 9.86. The van der Waals surface area contributed by atoms with Gasteiger partial charge in [-0.3, -0.25) is 4.79 Å². The zero-order valence-corrected chi connectivity index (χ0v) is 12.0. The summed E-state index contributed by atoms with van der Waals surface area (Å²) in [7, 11) is 0. The Morgan fingerprint density at radius 3 is 2.56 bits per heavy atom. The van der Waals surface area contributed by atoms with Crippen molar-refractivity contribution < 1.29 is 9.53 Å². The molecular weight excluding hydrogens is 226 g/mol. The molecule has 1 aromatic rings. The minimum absolute atomic E-state index is 0.00423. The van der Waals surface area contributed by atoms with E-state index >= 15 is 0 Å². The van der Waals surface area contributed by atoms with Crippen LogP contribution in [0.15, 0.2) is 18.2 Å². The molecule has 0 heterocycles. The molecule has 18 heavy (non-hydrogen) atoms. The molecule has 3 heteroatoms. The number of hydrogen-bond acceptors (Lipinski definition) is 2. The number of hydrogen-bond donors (Lipinski definition) is 1. The average Bonchev–Trinajstić information content (AvgIpc) is 2.25. The van der Waals surface area contributed by atoms with Crippen molar-refractivity contribution in [3.8, 4) is 5.75 Å². The van der Waals surface area contributed by atoms with Gasteiger partial charge in [0.1, 0.15) is 5.75 Å². The summed E-state index contributed by atoms with van der Waals surface area (Å²) >= 11 is 0. The number of aryl methyl sites for hydroxylation is 1. The molecule has 0 saturated carbocycles. The predicted molar refractivity (Wildman–Crippen MR) is 74.1 cm³/mol. The monoisotopic (exact) mass is 249 g/mol. The Morgan fingerprint density at radius 2 is 2.00 bits per heavy atom. The standard InChI is InChI=1S/C15H23NO2/c1-6-16-14(17)10-18-13-9-11(2)7-8-12(13)15(3,4)5/h7-9H,6,10H2,1-5H3,(H,16,17). The van der Waals surface area contributed by atoms with E-state index in [1.807, 2.05) is 19.9 Å². The van der Waals surface area contributed by atoms with Gasteiger partial charge in [-0.15, -0.1) is 0 Å². The van der Waals surface area contributed by atoms with Crippen LogP contribution in [0.25, 0.3) is 0 Å². The van der Waals surface area contributed by atoms with Gasteiger partial charge in [-0.2, -0.15) is 0 Å². The Morgan fingerprint density at radius 1 is 1.33 bits per heavy atom. The van der Waals surface area contributed by atoms with Gasteiger partial charge in [0.25, 0.3) is 5.91 Å². The van der Waals surface area contributed by atoms with Gasteiger partial charge < -0.3 is 10.1 Å². The summed E-state index contributed by atoms with van der Waals surface area (Å²) in [6.45, 7) is 11.0. The van der Waals surface area contributed by atoms with E-state index in [0.29, 0.717) is 6.54 Å². The number of carbonyl (C=O) groups excluding carboxylic acids is 1. The van der Waals surface area contributed by atoms with Crippen molar-refractivity contribution in [3.63, 3.8) is 0 Å². The van der Waals surface area contributed by atoms with E-state index in [-0.39, 0.29) is 17.9 Å². The maximum Gasteiger partial charge on any atom is 0.257 e. The van der Waals surface area contributed by atoms with E-state index in [0.717, 1.165) is 16.9 Å². The van der Waals surface area contributed by atoms with Crippen LogP contribution in [0.1, 0.15) is 38.8 Å². The van der Waals surface area contributed by atoms with Gasteiger partial charge in [-0.1, -0.05) is 32.9 Å². The predicted octanol–water partition coefficient (Wildman–Crippen LogP) is 2.81. The fourth-order valence-corrected chi connectivity index (χ4v) is 1.76. The minimum atomic E-state index is -0.0844. The van der Waals surface area contributed by atoms with Crippen molar-refractivity contribution in [3.05, 3.63) is 29.3 Å². The maximum absolute atomic E-state index is 11.4. The number of ether oxygens (including phenoxy) is 1. The van der Waals surface area contributed by atoms with Crippen LogP contribution in [0.5, 0.6) is 5.75 Å². The summed E-state index contributed by atoms with van der Waals surface area (Å²) in [6.07, 6.45) is 0. The van der Waals surface area contributed by atoms with E-state index in [4.69, 9.17) is 4.74 Å². The zero-order chi connectivity index (χ0) is 13.8. The molecule has 0 spiro atoms. The Hall–Kier alpha value is -1.51. The number of nitrogens with one attached hydrogen (secondary N) is 1. The fraction of sp³-hybridized carbons (Fsp3) is 0.533. The van der Waals surface area contributed by atoms with Crippen LogP contribution < -0.4 is 10.1 Å². The SMILES string of the molecule is CCNC(=O)COc1cc(C)ccc1C(C)(C)C. The van der Waals surface area contributed by atoms with Crippen LogP contribution in [-0.2, 0) is 10.2 Å². The van der Waals surface area contributed by atoms with Crippen molar-refractivity contribution in [2.45, 2.75) is 40.0 Å². The molecule has 0 radical (unpaired) electrons. The van der Waals surface area contributed by atoms with Gasteiger partial charge in [0.15, 0.2) is 6.61 Å². The first-order valence-electron chi connectivity index (χ1n) is 6.35. The van der Waals surface area contributed by atoms with E-state index in [2.05, 4.69) is 38.2 Å². The second-order valence-corrected chi connectivity index (χ2v) is 5.49. The summed E-state index contributed by atoms with van der Waals surface area (Å²) < 4.78 is 5.65. The third-order valence-electron chi connectivity index (χ3n) is 2.68. The Kier molecular flexibility index (Phi) is 4.76. The first kappa shape index (κ1) is 14.6. The molecule has 0 aliphatic rings. The maximum atomic E-state index is 11.4. The Balaban J connectivity index is 2.86. The average molecular weight is 249 g/mol. The molecule has 0 aromatic heterocycles. The number of benzene rings is 1. The molecule has 1 amide bonds. The summed E-state index contributed by atoms with van der Waals surface area (Å²) in [4.78, 5) is 11.4. The van der Waals surface area contributed by atoms with Crippen LogP contribution in [0, 0.1) is 6.92 Å². The number of rotatable bonds is 4. The molecule has 3 nitrogen and oxygen atoms in total. The number of carbonyl (C=O) groups is 1. The van der Waals surface area contributed by atoms with Crippen molar-refractivity contribution in [2.24, 2.45) is 0 Å². The third-order valence-corrected chi connectivity index (χ3v) is 2.68. The second kappa shape index (κ2) is 5.89. The van der Waals surface area contributed by atoms with Crippen LogP contribution in [0.3, 0.4) is 0 Å². The first-order chi connectivity index (χ1) is 8.34. The summed E-state index contributed by atoms with van der Waals surface area (Å²) in [5, 5.41) is 2.72. The van der Waals surface area contributed by atoms with E-state index < -0.39 is 0 Å². The van der Waals surface area contributed by atoms with Crippen LogP contribution >= 0.6 is 0 Å². The molecule has 1 rings (SSSR count). The topological polar surface area (TPSA) is 38.3 Å². The first-order valence-corrected chi connectivity index (χ1v) is 6.35. The molecule has 1 N–H and O–H groups in total. The summed E-state index contributed by atoms with van der Waals surface area (Å²) in [5.74, 6) is 0.715. The van der Waals surface area contributed by atoms with Crippen molar-refractivity contribution in [1.29, 1.82) is 0 Å². The van der Waals surface area contributed by atoms with Crippen LogP contribution in [-0.4, -0.2) is 19.1 Å². The number of amides is 1. The molecule has 0 saturated heterocycles. The van der Waals surface area contributed by atoms with Crippen molar-refractivity contribution in [2.75, 3.05) is 13.2 Å². The molecule has 0 aliphatic heterocycles. The molecule has 0 aliphatic carbocycles. The lowest BCUT2D eigenvalue weighted by molar-refractivity contribution is -0.123. The Labute approximate surface area is 110 Å². The molecule has 1 aromatic carbocycles. The highest BCUT2D eigenvalue weighted by Gasteiger charge is 2.19. The molecular formula is C15H23NO2. The quantitative estimate of drug-likeness (QED) is 0.891. The highest BCUT2D eigenvalue weighted by molar-refractivity contribution is 5.77. The van der Waals surface area contributed by atoms with E-state index in [9.17, 15) is 4.79 Å². The van der Waals surface area contributed by atoms with Crippen molar-refractivity contribution >= 4 is 5.91 Å². The molecule has 100 valence electrons. The van der Waals surface area contributed by atoms with Gasteiger partial charge in [-0.25, -0.2) is 0 Å². The molecule has 0 bridgehead atoms. The lowest BCUT2D eigenvalue weighted by Crippen LogP contribution is -2.29. The zero-order valence-electron chi connectivity index (χ0n) is 12.0. The van der Waals surface area contributed by atoms with Gasteiger partial charge in [0, 0.05) is 6.54 Å². The second-order valence-electron chi connectivity index (χ2n) is 5.49. The highest BCUT2D eigenvalue weighted by Crippen LogP contribution is 2.31. The number of likely N-dealkylation sites (N-methyl/N-ethyl adjacent to an activating group) is 1. The highest BCUT2D eigenvalue weighted by atomic mass is 16.5. The molecule has 0 unspecified atom stereocenters. The smallest absolute Gasteiger partial charge is 0.257 e. The normalized spacial score (nSPS) is 11.2. The third kappa shape index (κ3) is 4.06. The molecule has 0 fully saturated rings. The van der Waals surface area contributed by atoms with Crippen LogP contribution in [0.2, 0.25) is 0 Å². The largest absolute Gasteiger partial charge is 0.483 e. The van der Waals surface area contributed by atoms with Gasteiger partial charge >= 0.3 is 0 Å². The van der Waals surface area contributed by atoms with Gasteiger partial charge in [0.2, 0.25) is 0 Å². The minimum Gasteiger partial charge on any atom is -0.483 e. The lowest BCUT2D eigenvalue weighted by Gasteiger charge is -2.23. The summed E-state index contributed by atoms with van der Waals surface area (Å²) in [5.41, 5.74) is 2.26. The van der Waals surface area contributed by atoms with Crippen molar-refractivity contribution in [1.82, 2.24) is 5.32 Å². The summed E-state index contributed by atoms with van der Waals surface area (Å²) in [6, 6.07) is 6.13. The molecule has 0 atom stereocenters. The fourth-order valence-electron chi connectivity index (χ4n) is 1.76. The van der Waals surface area contributed by atoms with Gasteiger partial charge in [0.05, 0.1) is 0 Å². The van der Waals surface area contributed by atoms with E-state index in [1.165, 1.54) is 0 Å². The van der Waals surface area contributed by atoms with Crippen LogP contribution in [0.4, 0.5) is 0 Å². The van der Waals surface area contributed by atoms with E-state index in [1.54, 1.807) is 0 Å².